The Labute approximate surface area is 197 Å². The van der Waals surface area contributed by atoms with E-state index < -0.39 is 11.4 Å². The molecular formula is C24H31FN8O. The molecule has 1 aliphatic heterocycles. The molecule has 10 heteroatoms. The molecule has 5 rings (SSSR count). The van der Waals surface area contributed by atoms with Crippen molar-refractivity contribution in [3.63, 3.8) is 0 Å². The van der Waals surface area contributed by atoms with Crippen molar-refractivity contribution in [1.29, 1.82) is 0 Å². The number of aromatic amines is 1. The van der Waals surface area contributed by atoms with Gasteiger partial charge in [-0.15, -0.1) is 0 Å². The molecule has 9 nitrogen and oxygen atoms in total. The molecule has 0 spiro atoms. The molecule has 5 N–H and O–H groups in total. The predicted molar refractivity (Wildman–Crippen MR) is 133 cm³/mol. The largest absolute Gasteiger partial charge is 0.369 e. The monoisotopic (exact) mass is 466 g/mol. The van der Waals surface area contributed by atoms with Gasteiger partial charge >= 0.3 is 0 Å². The number of nitrogens with one attached hydrogen (secondary N) is 3. The fourth-order valence-electron chi connectivity index (χ4n) is 4.83. The van der Waals surface area contributed by atoms with E-state index in [-0.39, 0.29) is 34.5 Å². The lowest BCUT2D eigenvalue weighted by molar-refractivity contribution is 0.313. The minimum atomic E-state index is -0.594. The minimum absolute atomic E-state index is 0.0698. The van der Waals surface area contributed by atoms with E-state index in [2.05, 4.69) is 48.7 Å². The van der Waals surface area contributed by atoms with Crippen LogP contribution >= 0.6 is 0 Å². The molecule has 2 fully saturated rings. The number of rotatable bonds is 5. The number of nitrogens with two attached hydrogens (primary N) is 1. The molecule has 2 unspecified atom stereocenters. The van der Waals surface area contributed by atoms with Crippen LogP contribution in [0.2, 0.25) is 0 Å². The molecule has 1 saturated heterocycles. The van der Waals surface area contributed by atoms with Crippen molar-refractivity contribution in [1.82, 2.24) is 20.1 Å². The molecule has 3 aromatic rings. The smallest absolute Gasteiger partial charge is 0.275 e. The van der Waals surface area contributed by atoms with E-state index in [0.717, 1.165) is 63.2 Å². The van der Waals surface area contributed by atoms with Crippen molar-refractivity contribution < 1.29 is 4.39 Å². The molecular weight excluding hydrogens is 435 g/mol. The van der Waals surface area contributed by atoms with E-state index in [1.165, 1.54) is 6.20 Å². The van der Waals surface area contributed by atoms with Crippen LogP contribution in [-0.4, -0.2) is 65.4 Å². The number of nitrogens with zero attached hydrogens (tertiary/aromatic N) is 4. The van der Waals surface area contributed by atoms with Gasteiger partial charge in [0.25, 0.3) is 5.56 Å². The topological polar surface area (TPSA) is 115 Å². The van der Waals surface area contributed by atoms with Crippen molar-refractivity contribution in [2.24, 2.45) is 5.73 Å². The maximum atomic E-state index is 15.4. The van der Waals surface area contributed by atoms with Gasteiger partial charge in [-0.25, -0.2) is 14.5 Å². The van der Waals surface area contributed by atoms with Crippen LogP contribution in [0.4, 0.5) is 27.4 Å². The highest BCUT2D eigenvalue weighted by atomic mass is 19.1. The fraction of sp³-hybridized carbons (Fsp3) is 0.458. The standard InChI is InChI=1S/C24H31FN8O/c1-32-9-11-33(12-10-32)16-6-4-5-15(13-16)28-22-20-17(14-27-31-24(20)34)21(25)23(30-22)29-19-8-3-2-7-18(19)26/h4-6,13-14,18-19H,2-3,7-12,26H2,1H3,(H,31,34)(H2,28,29,30). The molecule has 0 bridgehead atoms. The molecule has 1 aromatic carbocycles. The van der Waals surface area contributed by atoms with Crippen LogP contribution in [0.25, 0.3) is 10.8 Å². The van der Waals surface area contributed by atoms with Gasteiger partial charge < -0.3 is 26.2 Å². The number of pyridine rings is 1. The molecule has 2 aromatic heterocycles. The minimum Gasteiger partial charge on any atom is -0.369 e. The zero-order valence-corrected chi connectivity index (χ0v) is 19.4. The Morgan fingerprint density at radius 2 is 1.94 bits per heavy atom. The molecule has 3 heterocycles. The van der Waals surface area contributed by atoms with Crippen LogP contribution in [0, 0.1) is 5.82 Å². The van der Waals surface area contributed by atoms with Gasteiger partial charge in [0.1, 0.15) is 5.82 Å². The zero-order valence-electron chi connectivity index (χ0n) is 19.4. The summed E-state index contributed by atoms with van der Waals surface area (Å²) in [5.74, 6) is -0.231. The first-order valence-electron chi connectivity index (χ1n) is 11.9. The van der Waals surface area contributed by atoms with Gasteiger partial charge in [0.15, 0.2) is 11.6 Å². The first kappa shape index (κ1) is 22.5. The maximum absolute atomic E-state index is 15.4. The number of hydrogen-bond acceptors (Lipinski definition) is 8. The van der Waals surface area contributed by atoms with Crippen molar-refractivity contribution >= 4 is 33.8 Å². The lowest BCUT2D eigenvalue weighted by Crippen LogP contribution is -2.44. The van der Waals surface area contributed by atoms with E-state index >= 15 is 4.39 Å². The van der Waals surface area contributed by atoms with Crippen LogP contribution in [0.3, 0.4) is 0 Å². The summed E-state index contributed by atoms with van der Waals surface area (Å²) in [7, 11) is 2.12. The third-order valence-corrected chi connectivity index (χ3v) is 6.88. The molecule has 180 valence electrons. The summed E-state index contributed by atoms with van der Waals surface area (Å²) in [5.41, 5.74) is 7.63. The number of anilines is 4. The Hall–Kier alpha value is -3.24. The normalized spacial score (nSPS) is 21.6. The number of likely N-dealkylation sites (N-methyl/N-ethyl adjacent to an activating group) is 1. The summed E-state index contributed by atoms with van der Waals surface area (Å²) < 4.78 is 15.4. The Balaban J connectivity index is 1.49. The van der Waals surface area contributed by atoms with Gasteiger partial charge in [-0.3, -0.25) is 4.79 Å². The van der Waals surface area contributed by atoms with E-state index in [4.69, 9.17) is 5.73 Å². The predicted octanol–water partition coefficient (Wildman–Crippen LogP) is 2.63. The lowest BCUT2D eigenvalue weighted by atomic mass is 9.91. The SMILES string of the molecule is CN1CCN(c2cccc(Nc3nc(NC4CCCCC4N)c(F)c4cn[nH]c(=O)c34)c2)CC1. The first-order chi connectivity index (χ1) is 16.5. The molecule has 0 radical (unpaired) electrons. The highest BCUT2D eigenvalue weighted by Crippen LogP contribution is 2.31. The second kappa shape index (κ2) is 9.55. The number of fused-ring (bicyclic) bond motifs is 1. The van der Waals surface area contributed by atoms with Gasteiger partial charge in [0, 0.05) is 49.6 Å². The second-order valence-corrected chi connectivity index (χ2v) is 9.28. The molecule has 0 amide bonds. The molecule has 34 heavy (non-hydrogen) atoms. The lowest BCUT2D eigenvalue weighted by Gasteiger charge is -2.34. The van der Waals surface area contributed by atoms with E-state index in [1.54, 1.807) is 0 Å². The average molecular weight is 467 g/mol. The van der Waals surface area contributed by atoms with E-state index in [9.17, 15) is 4.79 Å². The Bertz CT molecular complexity index is 1220. The second-order valence-electron chi connectivity index (χ2n) is 9.28. The number of piperazine rings is 1. The zero-order chi connectivity index (χ0) is 23.7. The van der Waals surface area contributed by atoms with Crippen molar-refractivity contribution in [3.05, 3.63) is 46.6 Å². The van der Waals surface area contributed by atoms with Crippen LogP contribution in [-0.2, 0) is 0 Å². The van der Waals surface area contributed by atoms with Crippen LogP contribution in [0.15, 0.2) is 35.3 Å². The molecule has 1 saturated carbocycles. The third-order valence-electron chi connectivity index (χ3n) is 6.88. The van der Waals surface area contributed by atoms with Gasteiger partial charge in [0.2, 0.25) is 0 Å². The summed E-state index contributed by atoms with van der Waals surface area (Å²) in [4.78, 5) is 21.8. The summed E-state index contributed by atoms with van der Waals surface area (Å²) in [6.45, 7) is 3.89. The summed E-state index contributed by atoms with van der Waals surface area (Å²) >= 11 is 0. The van der Waals surface area contributed by atoms with Crippen LogP contribution < -0.4 is 26.8 Å². The highest BCUT2D eigenvalue weighted by molar-refractivity contribution is 5.94. The summed E-state index contributed by atoms with van der Waals surface area (Å²) in [6, 6.07) is 7.84. The van der Waals surface area contributed by atoms with Gasteiger partial charge in [-0.2, -0.15) is 5.10 Å². The third kappa shape index (κ3) is 4.55. The fourth-order valence-corrected chi connectivity index (χ4v) is 4.83. The summed E-state index contributed by atoms with van der Waals surface area (Å²) in [6.07, 6.45) is 5.17. The number of benzene rings is 1. The summed E-state index contributed by atoms with van der Waals surface area (Å²) in [5, 5.41) is 12.9. The molecule has 2 atom stereocenters. The van der Waals surface area contributed by atoms with Gasteiger partial charge in [-0.05, 0) is 38.1 Å². The van der Waals surface area contributed by atoms with Gasteiger partial charge in [0.05, 0.1) is 17.0 Å². The van der Waals surface area contributed by atoms with E-state index in [0.29, 0.717) is 0 Å². The maximum Gasteiger partial charge on any atom is 0.275 e. The number of halogens is 1. The first-order valence-corrected chi connectivity index (χ1v) is 11.9. The highest BCUT2D eigenvalue weighted by Gasteiger charge is 2.25. The number of aromatic nitrogens is 3. The van der Waals surface area contributed by atoms with Crippen LogP contribution in [0.5, 0.6) is 0 Å². The van der Waals surface area contributed by atoms with Crippen LogP contribution in [0.1, 0.15) is 25.7 Å². The van der Waals surface area contributed by atoms with Crippen molar-refractivity contribution in [3.8, 4) is 0 Å². The molecule has 1 aliphatic carbocycles. The Morgan fingerprint density at radius 1 is 1.15 bits per heavy atom. The average Bonchev–Trinajstić information content (AvgIpc) is 2.84. The quantitative estimate of drug-likeness (QED) is 0.454. The number of H-pyrrole nitrogens is 1. The Kier molecular flexibility index (Phi) is 6.34. The number of hydrogen-bond donors (Lipinski definition) is 4. The van der Waals surface area contributed by atoms with Gasteiger partial charge in [-0.1, -0.05) is 18.9 Å². The van der Waals surface area contributed by atoms with E-state index in [1.807, 2.05) is 18.2 Å². The molecule has 2 aliphatic rings. The van der Waals surface area contributed by atoms with Crippen molar-refractivity contribution in [2.75, 3.05) is 48.8 Å². The van der Waals surface area contributed by atoms with Crippen molar-refractivity contribution in [2.45, 2.75) is 37.8 Å². The Morgan fingerprint density at radius 3 is 2.74 bits per heavy atom.